The Kier molecular flexibility index (Phi) is 6.61. The summed E-state index contributed by atoms with van der Waals surface area (Å²) in [5.41, 5.74) is -1.58. The number of aromatic amines is 1. The maximum absolute atomic E-state index is 12.3. The number of aryl methyl sites for hydroxylation is 1. The maximum Gasteiger partial charge on any atom is 0.330 e. The Morgan fingerprint density at radius 3 is 2.50 bits per heavy atom. The first kappa shape index (κ1) is 21.4. The van der Waals surface area contributed by atoms with E-state index >= 15 is 0 Å². The second-order valence-electron chi connectivity index (χ2n) is 6.14. The van der Waals surface area contributed by atoms with Gasteiger partial charge in [0, 0.05) is 26.0 Å². The van der Waals surface area contributed by atoms with E-state index in [1.165, 1.54) is 25.0 Å². The third kappa shape index (κ3) is 3.87. The molecule has 2 unspecified atom stereocenters. The van der Waals surface area contributed by atoms with Gasteiger partial charge in [0.1, 0.15) is 12.2 Å². The van der Waals surface area contributed by atoms with Crippen molar-refractivity contribution in [1.29, 1.82) is 0 Å². The molecular weight excluding hydrogens is 383 g/mol. The van der Waals surface area contributed by atoms with Crippen molar-refractivity contribution in [3.63, 3.8) is 0 Å². The minimum Gasteiger partial charge on any atom is -0.374 e. The van der Waals surface area contributed by atoms with Crippen LogP contribution < -0.4 is 11.2 Å². The Balaban J connectivity index is 2.56. The van der Waals surface area contributed by atoms with E-state index < -0.39 is 42.0 Å². The Morgan fingerprint density at radius 1 is 1.38 bits per heavy atom. The van der Waals surface area contributed by atoms with Crippen LogP contribution in [0.5, 0.6) is 0 Å². The lowest BCUT2D eigenvalue weighted by atomic mass is 9.90. The number of rotatable bonds is 7. The SMILES string of the molecule is CCC1(CC)O[C@@H](n2cc(C)c(=O)[nH]c2=O)C(OC)[C@H]1OP(O)(=S)OC. The van der Waals surface area contributed by atoms with Crippen LogP contribution in [0.1, 0.15) is 38.5 Å². The monoisotopic (exact) mass is 408 g/mol. The standard InChI is InChI=1S/C15H25N2O7PS/c1-6-15(7-2)11(24-25(20,26)22-5)10(21-4)13(23-15)17-8-9(3)12(18)16-14(17)19/h8,10-11,13H,6-7H2,1-5H3,(H,20,26)(H,16,18,19)/t10?,11-,13-,25?/m1/s1. The van der Waals surface area contributed by atoms with Crippen LogP contribution in [0.15, 0.2) is 15.8 Å². The van der Waals surface area contributed by atoms with E-state index in [0.717, 1.165) is 0 Å². The molecule has 1 saturated heterocycles. The molecule has 1 aliphatic heterocycles. The van der Waals surface area contributed by atoms with Gasteiger partial charge in [-0.1, -0.05) is 13.8 Å². The highest BCUT2D eigenvalue weighted by atomic mass is 32.5. The summed E-state index contributed by atoms with van der Waals surface area (Å²) in [5, 5.41) is 0. The summed E-state index contributed by atoms with van der Waals surface area (Å²) >= 11 is 4.99. The Hall–Kier alpha value is -0.870. The Morgan fingerprint density at radius 2 is 2.00 bits per heavy atom. The summed E-state index contributed by atoms with van der Waals surface area (Å²) in [6, 6.07) is 0. The highest BCUT2D eigenvalue weighted by Crippen LogP contribution is 2.52. The van der Waals surface area contributed by atoms with Crippen molar-refractivity contribution < 1.29 is 23.4 Å². The molecule has 0 radical (unpaired) electrons. The number of hydrogen-bond acceptors (Lipinski definition) is 7. The summed E-state index contributed by atoms with van der Waals surface area (Å²) in [7, 11) is 2.72. The van der Waals surface area contributed by atoms with Crippen molar-refractivity contribution in [3.8, 4) is 0 Å². The molecule has 1 aliphatic rings. The van der Waals surface area contributed by atoms with Crippen LogP contribution in [-0.4, -0.2) is 46.5 Å². The van der Waals surface area contributed by atoms with E-state index in [2.05, 4.69) is 4.98 Å². The second-order valence-corrected chi connectivity index (χ2v) is 9.03. The molecule has 0 amide bonds. The van der Waals surface area contributed by atoms with E-state index in [-0.39, 0.29) is 0 Å². The number of nitrogens with zero attached hydrogens (tertiary/aromatic N) is 1. The zero-order valence-electron chi connectivity index (χ0n) is 15.4. The van der Waals surface area contributed by atoms with Gasteiger partial charge in [-0.05, 0) is 31.6 Å². The van der Waals surface area contributed by atoms with E-state index in [1.54, 1.807) is 6.92 Å². The van der Waals surface area contributed by atoms with Crippen LogP contribution in [0.25, 0.3) is 0 Å². The molecule has 9 nitrogen and oxygen atoms in total. The number of hydrogen-bond donors (Lipinski definition) is 2. The topological polar surface area (TPSA) is 112 Å². The van der Waals surface area contributed by atoms with Gasteiger partial charge in [-0.3, -0.25) is 18.9 Å². The predicted molar refractivity (Wildman–Crippen MR) is 98.7 cm³/mol. The second kappa shape index (κ2) is 8.02. The summed E-state index contributed by atoms with van der Waals surface area (Å²) < 4.78 is 23.7. The lowest BCUT2D eigenvalue weighted by Crippen LogP contribution is -2.44. The van der Waals surface area contributed by atoms with Crippen molar-refractivity contribution in [1.82, 2.24) is 9.55 Å². The third-order valence-electron chi connectivity index (χ3n) is 4.82. The largest absolute Gasteiger partial charge is 0.374 e. The van der Waals surface area contributed by atoms with Crippen molar-refractivity contribution in [2.75, 3.05) is 14.2 Å². The fourth-order valence-corrected chi connectivity index (χ4v) is 4.18. The molecule has 2 rings (SSSR count). The molecule has 2 heterocycles. The lowest BCUT2D eigenvalue weighted by Gasteiger charge is -2.34. The van der Waals surface area contributed by atoms with E-state index in [0.29, 0.717) is 18.4 Å². The van der Waals surface area contributed by atoms with Crippen molar-refractivity contribution >= 4 is 18.5 Å². The van der Waals surface area contributed by atoms with Crippen LogP contribution in [0.4, 0.5) is 0 Å². The molecule has 1 aromatic rings. The molecule has 0 aliphatic carbocycles. The summed E-state index contributed by atoms with van der Waals surface area (Å²) in [4.78, 5) is 36.4. The normalized spacial score (nSPS) is 27.4. The van der Waals surface area contributed by atoms with Crippen LogP contribution in [-0.2, 0) is 30.3 Å². The molecule has 4 atom stereocenters. The zero-order chi connectivity index (χ0) is 19.7. The van der Waals surface area contributed by atoms with Gasteiger partial charge in [-0.15, -0.1) is 0 Å². The third-order valence-corrected chi connectivity index (χ3v) is 6.48. The number of aromatic nitrogens is 2. The van der Waals surface area contributed by atoms with E-state index in [9.17, 15) is 14.5 Å². The number of ether oxygens (including phenoxy) is 2. The quantitative estimate of drug-likeness (QED) is 0.648. The highest BCUT2D eigenvalue weighted by Gasteiger charge is 2.57. The Labute approximate surface area is 156 Å². The average molecular weight is 408 g/mol. The lowest BCUT2D eigenvalue weighted by molar-refractivity contribution is -0.108. The van der Waals surface area contributed by atoms with Gasteiger partial charge >= 0.3 is 12.4 Å². The van der Waals surface area contributed by atoms with E-state index in [4.69, 9.17) is 30.3 Å². The predicted octanol–water partition coefficient (Wildman–Crippen LogP) is 1.20. The smallest absolute Gasteiger partial charge is 0.330 e. The van der Waals surface area contributed by atoms with Crippen molar-refractivity contribution in [2.45, 2.75) is 57.6 Å². The summed E-state index contributed by atoms with van der Waals surface area (Å²) in [5.74, 6) is 0. The van der Waals surface area contributed by atoms with Crippen molar-refractivity contribution in [2.24, 2.45) is 0 Å². The molecule has 26 heavy (non-hydrogen) atoms. The molecule has 0 aromatic carbocycles. The molecule has 2 N–H and O–H groups in total. The van der Waals surface area contributed by atoms with E-state index in [1.807, 2.05) is 13.8 Å². The molecule has 1 aromatic heterocycles. The average Bonchev–Trinajstić information content (AvgIpc) is 2.91. The number of H-pyrrole nitrogens is 1. The van der Waals surface area contributed by atoms with Gasteiger partial charge < -0.3 is 18.9 Å². The fourth-order valence-electron chi connectivity index (χ4n) is 3.22. The van der Waals surface area contributed by atoms with Crippen LogP contribution in [0, 0.1) is 6.92 Å². The zero-order valence-corrected chi connectivity index (χ0v) is 17.1. The minimum atomic E-state index is -3.50. The molecular formula is C15H25N2O7PS. The molecule has 148 valence electrons. The molecule has 0 saturated carbocycles. The number of methoxy groups -OCH3 is 1. The molecule has 0 spiro atoms. The summed E-state index contributed by atoms with van der Waals surface area (Å²) in [6.07, 6.45) is 0.105. The van der Waals surface area contributed by atoms with Gasteiger partial charge in [0.25, 0.3) is 5.56 Å². The number of nitrogens with one attached hydrogen (secondary N) is 1. The summed E-state index contributed by atoms with van der Waals surface area (Å²) in [6.45, 7) is 1.90. The van der Waals surface area contributed by atoms with Crippen LogP contribution >= 0.6 is 6.72 Å². The molecule has 0 bridgehead atoms. The first-order chi connectivity index (χ1) is 12.1. The van der Waals surface area contributed by atoms with Gasteiger partial charge in [0.15, 0.2) is 6.23 Å². The molecule has 11 heteroatoms. The van der Waals surface area contributed by atoms with Crippen LogP contribution in [0.2, 0.25) is 0 Å². The maximum atomic E-state index is 12.3. The fraction of sp³-hybridized carbons (Fsp3) is 0.733. The first-order valence-electron chi connectivity index (χ1n) is 8.24. The van der Waals surface area contributed by atoms with Crippen LogP contribution in [0.3, 0.4) is 0 Å². The highest BCUT2D eigenvalue weighted by molar-refractivity contribution is 8.07. The van der Waals surface area contributed by atoms with Crippen molar-refractivity contribution in [3.05, 3.63) is 32.6 Å². The minimum absolute atomic E-state index is 0.357. The molecule has 1 fully saturated rings. The van der Waals surface area contributed by atoms with Gasteiger partial charge in [0.2, 0.25) is 0 Å². The Bertz CT molecular complexity index is 804. The first-order valence-corrected chi connectivity index (χ1v) is 10.8. The van der Waals surface area contributed by atoms with Gasteiger partial charge in [-0.2, -0.15) is 0 Å². The van der Waals surface area contributed by atoms with Gasteiger partial charge in [-0.25, -0.2) is 4.79 Å². The van der Waals surface area contributed by atoms with Gasteiger partial charge in [0.05, 0.1) is 5.60 Å².